The molecule has 1 N–H and O–H groups in total. The highest BCUT2D eigenvalue weighted by atomic mass is 19.1. The second kappa shape index (κ2) is 8.85. The number of nitrogens with one attached hydrogen (secondary N) is 1. The van der Waals surface area contributed by atoms with Crippen molar-refractivity contribution in [1.29, 1.82) is 0 Å². The topological polar surface area (TPSA) is 75.7 Å². The summed E-state index contributed by atoms with van der Waals surface area (Å²) in [6.07, 6.45) is 1.38. The Morgan fingerprint density at radius 3 is 2.47 bits per heavy atom. The number of rotatable bonds is 5. The molecule has 4 amide bonds. The van der Waals surface area contributed by atoms with Crippen molar-refractivity contribution in [3.63, 3.8) is 0 Å². The third kappa shape index (κ3) is 4.41. The summed E-state index contributed by atoms with van der Waals surface area (Å²) in [5.41, 5.74) is 2.51. The number of barbiturate groups is 1. The van der Waals surface area contributed by atoms with Crippen molar-refractivity contribution in [2.75, 3.05) is 4.90 Å². The molecule has 7 heteroatoms. The predicted octanol–water partition coefficient (Wildman–Crippen LogP) is 4.38. The molecule has 0 atom stereocenters. The molecular formula is C25H19FN2O4. The van der Waals surface area contributed by atoms with E-state index in [4.69, 9.17) is 4.74 Å². The quantitative estimate of drug-likeness (QED) is 0.482. The lowest BCUT2D eigenvalue weighted by Crippen LogP contribution is -2.54. The van der Waals surface area contributed by atoms with Crippen LogP contribution in [0.5, 0.6) is 5.75 Å². The third-order valence-corrected chi connectivity index (χ3v) is 4.88. The van der Waals surface area contributed by atoms with Gasteiger partial charge in [-0.25, -0.2) is 14.1 Å². The van der Waals surface area contributed by atoms with E-state index < -0.39 is 23.7 Å². The van der Waals surface area contributed by atoms with Crippen LogP contribution in [0.1, 0.15) is 16.7 Å². The number of benzene rings is 3. The van der Waals surface area contributed by atoms with Gasteiger partial charge in [-0.3, -0.25) is 14.9 Å². The zero-order valence-corrected chi connectivity index (χ0v) is 17.2. The SMILES string of the molecule is Cc1cccc(COc2ccccc2/C=C2\C(=O)NC(=O)N(c3ccc(F)cc3)C2=O)c1. The molecule has 1 aliphatic rings. The normalized spacial score (nSPS) is 15.1. The molecule has 0 aromatic heterocycles. The van der Waals surface area contributed by atoms with Gasteiger partial charge in [-0.1, -0.05) is 48.0 Å². The fraction of sp³-hybridized carbons (Fsp3) is 0.0800. The van der Waals surface area contributed by atoms with Crippen molar-refractivity contribution in [2.45, 2.75) is 13.5 Å². The number of hydrogen-bond donors (Lipinski definition) is 1. The van der Waals surface area contributed by atoms with E-state index in [0.717, 1.165) is 28.2 Å². The molecule has 3 aromatic carbocycles. The van der Waals surface area contributed by atoms with Crippen molar-refractivity contribution in [2.24, 2.45) is 0 Å². The maximum Gasteiger partial charge on any atom is 0.335 e. The number of anilines is 1. The summed E-state index contributed by atoms with van der Waals surface area (Å²) in [6, 6.07) is 18.8. The van der Waals surface area contributed by atoms with Gasteiger partial charge in [0, 0.05) is 5.56 Å². The predicted molar refractivity (Wildman–Crippen MR) is 117 cm³/mol. The zero-order valence-electron chi connectivity index (χ0n) is 17.2. The molecule has 3 aromatic rings. The number of ether oxygens (including phenoxy) is 1. The number of carbonyl (C=O) groups excluding carboxylic acids is 3. The van der Waals surface area contributed by atoms with Crippen LogP contribution in [0.2, 0.25) is 0 Å². The van der Waals surface area contributed by atoms with E-state index in [1.54, 1.807) is 24.3 Å². The van der Waals surface area contributed by atoms with E-state index in [-0.39, 0.29) is 11.3 Å². The van der Waals surface area contributed by atoms with Gasteiger partial charge in [0.25, 0.3) is 11.8 Å². The monoisotopic (exact) mass is 430 g/mol. The first-order valence-electron chi connectivity index (χ1n) is 9.87. The minimum absolute atomic E-state index is 0.149. The summed E-state index contributed by atoms with van der Waals surface area (Å²) in [4.78, 5) is 38.5. The molecule has 0 saturated carbocycles. The van der Waals surface area contributed by atoms with E-state index in [1.807, 2.05) is 31.2 Å². The average molecular weight is 430 g/mol. The van der Waals surface area contributed by atoms with Crippen LogP contribution in [0.4, 0.5) is 14.9 Å². The van der Waals surface area contributed by atoms with Gasteiger partial charge in [-0.15, -0.1) is 0 Å². The van der Waals surface area contributed by atoms with Crippen molar-refractivity contribution >= 4 is 29.6 Å². The van der Waals surface area contributed by atoms with Gasteiger partial charge >= 0.3 is 6.03 Å². The van der Waals surface area contributed by atoms with Crippen LogP contribution in [-0.2, 0) is 16.2 Å². The molecule has 6 nitrogen and oxygen atoms in total. The Morgan fingerprint density at radius 2 is 1.72 bits per heavy atom. The summed E-state index contributed by atoms with van der Waals surface area (Å²) in [5, 5.41) is 2.15. The summed E-state index contributed by atoms with van der Waals surface area (Å²) in [7, 11) is 0. The Balaban J connectivity index is 1.63. The second-order valence-corrected chi connectivity index (χ2v) is 7.25. The minimum Gasteiger partial charge on any atom is -0.488 e. The molecule has 0 unspecified atom stereocenters. The number of urea groups is 1. The third-order valence-electron chi connectivity index (χ3n) is 4.88. The first-order chi connectivity index (χ1) is 15.4. The highest BCUT2D eigenvalue weighted by Crippen LogP contribution is 2.26. The maximum atomic E-state index is 13.3. The number of hydrogen-bond acceptors (Lipinski definition) is 4. The molecule has 0 radical (unpaired) electrons. The number of imide groups is 2. The van der Waals surface area contributed by atoms with Gasteiger partial charge in [0.05, 0.1) is 5.69 Å². The van der Waals surface area contributed by atoms with E-state index in [0.29, 0.717) is 17.9 Å². The first kappa shape index (κ1) is 21.0. The highest BCUT2D eigenvalue weighted by Gasteiger charge is 2.37. The van der Waals surface area contributed by atoms with Gasteiger partial charge in [-0.05, 0) is 48.9 Å². The summed E-state index contributed by atoms with van der Waals surface area (Å²) in [6.45, 7) is 2.30. The van der Waals surface area contributed by atoms with Gasteiger partial charge < -0.3 is 4.74 Å². The Morgan fingerprint density at radius 1 is 0.969 bits per heavy atom. The van der Waals surface area contributed by atoms with E-state index >= 15 is 0 Å². The van der Waals surface area contributed by atoms with Gasteiger partial charge in [0.2, 0.25) is 0 Å². The number of carbonyl (C=O) groups is 3. The van der Waals surface area contributed by atoms with Crippen LogP contribution in [0, 0.1) is 12.7 Å². The Labute approximate surface area is 183 Å². The molecule has 1 saturated heterocycles. The van der Waals surface area contributed by atoms with E-state index in [1.165, 1.54) is 18.2 Å². The zero-order chi connectivity index (χ0) is 22.7. The molecule has 1 aliphatic heterocycles. The maximum absolute atomic E-state index is 13.3. The fourth-order valence-corrected chi connectivity index (χ4v) is 3.33. The fourth-order valence-electron chi connectivity index (χ4n) is 3.33. The summed E-state index contributed by atoms with van der Waals surface area (Å²) >= 11 is 0. The standard InChI is InChI=1S/C25H19FN2O4/c1-16-5-4-6-17(13-16)15-32-22-8-3-2-7-18(22)14-21-23(29)27-25(31)28(24(21)30)20-11-9-19(26)10-12-20/h2-14H,15H2,1H3,(H,27,29,31)/b21-14+. The van der Waals surface area contributed by atoms with Crippen LogP contribution in [0.25, 0.3) is 6.08 Å². The van der Waals surface area contributed by atoms with Crippen molar-refractivity contribution in [1.82, 2.24) is 5.32 Å². The number of halogens is 1. The minimum atomic E-state index is -0.896. The second-order valence-electron chi connectivity index (χ2n) is 7.25. The highest BCUT2D eigenvalue weighted by molar-refractivity contribution is 6.39. The number of amides is 4. The van der Waals surface area contributed by atoms with Crippen molar-refractivity contribution in [3.8, 4) is 5.75 Å². The molecule has 0 aliphatic carbocycles. The molecule has 0 bridgehead atoms. The molecule has 0 spiro atoms. The number of aryl methyl sites for hydroxylation is 1. The van der Waals surface area contributed by atoms with Crippen LogP contribution in [0.3, 0.4) is 0 Å². The first-order valence-corrected chi connectivity index (χ1v) is 9.87. The van der Waals surface area contributed by atoms with Crippen molar-refractivity contribution in [3.05, 3.63) is 101 Å². The Bertz CT molecular complexity index is 1230. The molecule has 4 rings (SSSR count). The molecule has 1 heterocycles. The Kier molecular flexibility index (Phi) is 5.81. The lowest BCUT2D eigenvalue weighted by molar-refractivity contribution is -0.122. The van der Waals surface area contributed by atoms with E-state index in [9.17, 15) is 18.8 Å². The lowest BCUT2D eigenvalue weighted by Gasteiger charge is -2.26. The average Bonchev–Trinajstić information content (AvgIpc) is 2.77. The van der Waals surface area contributed by atoms with Crippen LogP contribution in [0.15, 0.2) is 78.4 Å². The van der Waals surface area contributed by atoms with Crippen molar-refractivity contribution < 1.29 is 23.5 Å². The molecule has 160 valence electrons. The number of nitrogens with zero attached hydrogens (tertiary/aromatic N) is 1. The van der Waals surface area contributed by atoms with Gasteiger partial charge in [0.15, 0.2) is 0 Å². The summed E-state index contributed by atoms with van der Waals surface area (Å²) in [5.74, 6) is -1.65. The van der Waals surface area contributed by atoms with Crippen LogP contribution >= 0.6 is 0 Å². The van der Waals surface area contributed by atoms with E-state index in [2.05, 4.69) is 5.32 Å². The summed E-state index contributed by atoms with van der Waals surface area (Å²) < 4.78 is 19.2. The Hall–Kier alpha value is -4.26. The smallest absolute Gasteiger partial charge is 0.335 e. The van der Waals surface area contributed by atoms with Gasteiger partial charge in [0.1, 0.15) is 23.7 Å². The van der Waals surface area contributed by atoms with Crippen LogP contribution < -0.4 is 15.0 Å². The lowest BCUT2D eigenvalue weighted by atomic mass is 10.1. The van der Waals surface area contributed by atoms with Crippen LogP contribution in [-0.4, -0.2) is 17.8 Å². The van der Waals surface area contributed by atoms with Gasteiger partial charge in [-0.2, -0.15) is 0 Å². The molecule has 1 fully saturated rings. The molecular weight excluding hydrogens is 411 g/mol. The largest absolute Gasteiger partial charge is 0.488 e. The molecule has 32 heavy (non-hydrogen) atoms. The number of para-hydroxylation sites is 1.